The van der Waals surface area contributed by atoms with Crippen LogP contribution in [0.4, 0.5) is 5.69 Å². The van der Waals surface area contributed by atoms with E-state index in [4.69, 9.17) is 0 Å². The number of imidazole rings is 1. The zero-order valence-electron chi connectivity index (χ0n) is 11.5. The van der Waals surface area contributed by atoms with E-state index in [2.05, 4.69) is 15.6 Å². The predicted molar refractivity (Wildman–Crippen MR) is 77.8 cm³/mol. The third-order valence-electron chi connectivity index (χ3n) is 3.50. The van der Waals surface area contributed by atoms with Crippen LogP contribution in [0.5, 0.6) is 0 Å². The van der Waals surface area contributed by atoms with E-state index in [-0.39, 0.29) is 11.9 Å². The molecular weight excluding hydrogens is 252 g/mol. The van der Waals surface area contributed by atoms with Gasteiger partial charge in [-0.3, -0.25) is 4.79 Å². The van der Waals surface area contributed by atoms with Crippen LogP contribution in [-0.2, 0) is 13.0 Å². The Hall–Kier alpha value is -2.30. The first-order valence-corrected chi connectivity index (χ1v) is 6.86. The minimum Gasteiger partial charge on any atom is -0.384 e. The highest BCUT2D eigenvalue weighted by molar-refractivity contribution is 5.95. The lowest BCUT2D eigenvalue weighted by atomic mass is 10.1. The molecule has 1 aliphatic heterocycles. The minimum atomic E-state index is -0.0210. The van der Waals surface area contributed by atoms with Gasteiger partial charge in [0.15, 0.2) is 0 Å². The van der Waals surface area contributed by atoms with E-state index in [1.165, 1.54) is 5.56 Å². The molecule has 104 valence electrons. The van der Waals surface area contributed by atoms with E-state index < -0.39 is 0 Å². The van der Waals surface area contributed by atoms with Crippen molar-refractivity contribution in [1.82, 2.24) is 14.9 Å². The fourth-order valence-electron chi connectivity index (χ4n) is 2.51. The van der Waals surface area contributed by atoms with Crippen LogP contribution in [0, 0.1) is 0 Å². The lowest BCUT2D eigenvalue weighted by molar-refractivity contribution is 0.0936. The number of benzene rings is 1. The molecule has 2 heterocycles. The van der Waals surface area contributed by atoms with Crippen LogP contribution >= 0.6 is 0 Å². The molecule has 5 nitrogen and oxygen atoms in total. The van der Waals surface area contributed by atoms with E-state index in [0.29, 0.717) is 0 Å². The number of amides is 1. The molecule has 0 fully saturated rings. The van der Waals surface area contributed by atoms with Gasteiger partial charge in [-0.15, -0.1) is 0 Å². The fourth-order valence-corrected chi connectivity index (χ4v) is 2.51. The number of fused-ring (bicyclic) bond motifs is 1. The third-order valence-corrected chi connectivity index (χ3v) is 3.50. The number of nitrogens with zero attached hydrogens (tertiary/aromatic N) is 2. The van der Waals surface area contributed by atoms with Gasteiger partial charge in [-0.25, -0.2) is 4.98 Å². The van der Waals surface area contributed by atoms with Gasteiger partial charge in [0, 0.05) is 42.8 Å². The largest absolute Gasteiger partial charge is 0.384 e. The van der Waals surface area contributed by atoms with Gasteiger partial charge in [0.05, 0.1) is 6.33 Å². The quantitative estimate of drug-likeness (QED) is 0.888. The summed E-state index contributed by atoms with van der Waals surface area (Å²) in [6.45, 7) is 3.67. The molecule has 1 unspecified atom stereocenters. The van der Waals surface area contributed by atoms with Crippen LogP contribution in [-0.4, -0.2) is 28.0 Å². The van der Waals surface area contributed by atoms with Gasteiger partial charge in [0.25, 0.3) is 5.91 Å². The maximum absolute atomic E-state index is 12.2. The number of rotatable bonds is 4. The maximum atomic E-state index is 12.2. The van der Waals surface area contributed by atoms with Gasteiger partial charge < -0.3 is 15.2 Å². The van der Waals surface area contributed by atoms with Crippen molar-refractivity contribution in [2.24, 2.45) is 0 Å². The van der Waals surface area contributed by atoms with Crippen LogP contribution < -0.4 is 10.6 Å². The summed E-state index contributed by atoms with van der Waals surface area (Å²) in [4.78, 5) is 16.2. The van der Waals surface area contributed by atoms with Gasteiger partial charge in [0.2, 0.25) is 0 Å². The van der Waals surface area contributed by atoms with Crippen LogP contribution in [0.2, 0.25) is 0 Å². The van der Waals surface area contributed by atoms with Crippen LogP contribution in [0.15, 0.2) is 36.9 Å². The summed E-state index contributed by atoms with van der Waals surface area (Å²) in [6, 6.07) is 5.89. The van der Waals surface area contributed by atoms with Crippen molar-refractivity contribution in [2.45, 2.75) is 25.9 Å². The van der Waals surface area contributed by atoms with Crippen molar-refractivity contribution >= 4 is 11.6 Å². The standard InChI is InChI=1S/C15H18N4O/c1-11(9-19-7-6-16-10-19)18-15(20)13-2-3-14-12(8-13)4-5-17-14/h2-3,6-8,10-11,17H,4-5,9H2,1H3,(H,18,20). The van der Waals surface area contributed by atoms with E-state index in [1.54, 1.807) is 12.5 Å². The zero-order chi connectivity index (χ0) is 13.9. The SMILES string of the molecule is CC(Cn1ccnc1)NC(=O)c1ccc2c(c1)CCN2. The Morgan fingerprint density at radius 2 is 2.45 bits per heavy atom. The molecule has 1 amide bonds. The first kappa shape index (κ1) is 12.7. The molecule has 1 aromatic heterocycles. The summed E-state index contributed by atoms with van der Waals surface area (Å²) >= 11 is 0. The lowest BCUT2D eigenvalue weighted by Gasteiger charge is -2.14. The molecule has 0 aliphatic carbocycles. The summed E-state index contributed by atoms with van der Waals surface area (Å²) < 4.78 is 1.96. The van der Waals surface area contributed by atoms with Crippen molar-refractivity contribution in [3.63, 3.8) is 0 Å². The molecular formula is C15H18N4O. The average molecular weight is 270 g/mol. The minimum absolute atomic E-state index is 0.0210. The summed E-state index contributed by atoms with van der Waals surface area (Å²) in [6.07, 6.45) is 6.37. The molecule has 3 rings (SSSR count). The highest BCUT2D eigenvalue weighted by Gasteiger charge is 2.14. The number of hydrogen-bond acceptors (Lipinski definition) is 3. The molecule has 1 aromatic carbocycles. The van der Waals surface area contributed by atoms with Crippen molar-refractivity contribution in [3.05, 3.63) is 48.0 Å². The normalized spacial score (nSPS) is 14.4. The second kappa shape index (κ2) is 5.36. The summed E-state index contributed by atoms with van der Waals surface area (Å²) in [5.74, 6) is -0.0210. The molecule has 0 radical (unpaired) electrons. The highest BCUT2D eigenvalue weighted by atomic mass is 16.1. The fraction of sp³-hybridized carbons (Fsp3) is 0.333. The summed E-state index contributed by atoms with van der Waals surface area (Å²) in [7, 11) is 0. The number of aromatic nitrogens is 2. The lowest BCUT2D eigenvalue weighted by Crippen LogP contribution is -2.35. The molecule has 5 heteroatoms. The van der Waals surface area contributed by atoms with Gasteiger partial charge in [-0.1, -0.05) is 0 Å². The Labute approximate surface area is 118 Å². The Morgan fingerprint density at radius 3 is 3.25 bits per heavy atom. The first-order chi connectivity index (χ1) is 9.72. The maximum Gasteiger partial charge on any atom is 0.251 e. The Morgan fingerprint density at radius 1 is 1.55 bits per heavy atom. The third kappa shape index (κ3) is 2.66. The van der Waals surface area contributed by atoms with Crippen molar-refractivity contribution < 1.29 is 4.79 Å². The molecule has 1 atom stereocenters. The first-order valence-electron chi connectivity index (χ1n) is 6.86. The summed E-state index contributed by atoms with van der Waals surface area (Å²) in [5.41, 5.74) is 3.10. The van der Waals surface area contributed by atoms with E-state index in [0.717, 1.165) is 30.8 Å². The van der Waals surface area contributed by atoms with Gasteiger partial charge in [0.1, 0.15) is 0 Å². The van der Waals surface area contributed by atoms with Crippen LogP contribution in [0.3, 0.4) is 0 Å². The number of carbonyl (C=O) groups excluding carboxylic acids is 1. The van der Waals surface area contributed by atoms with Gasteiger partial charge >= 0.3 is 0 Å². The molecule has 0 bridgehead atoms. The van der Waals surface area contributed by atoms with E-state index in [1.807, 2.05) is 35.9 Å². The van der Waals surface area contributed by atoms with Crippen molar-refractivity contribution in [3.8, 4) is 0 Å². The number of nitrogens with one attached hydrogen (secondary N) is 2. The highest BCUT2D eigenvalue weighted by Crippen LogP contribution is 2.22. The average Bonchev–Trinajstić information content (AvgIpc) is 3.07. The Bertz CT molecular complexity index is 606. The molecule has 0 saturated heterocycles. The number of carbonyl (C=O) groups is 1. The predicted octanol–water partition coefficient (Wildman–Crippen LogP) is 1.67. The number of hydrogen-bond donors (Lipinski definition) is 2. The molecule has 2 N–H and O–H groups in total. The second-order valence-corrected chi connectivity index (χ2v) is 5.18. The summed E-state index contributed by atoms with van der Waals surface area (Å²) in [5, 5.41) is 6.31. The Balaban J connectivity index is 1.64. The number of anilines is 1. The zero-order valence-corrected chi connectivity index (χ0v) is 11.5. The molecule has 20 heavy (non-hydrogen) atoms. The monoisotopic (exact) mass is 270 g/mol. The van der Waals surface area contributed by atoms with E-state index in [9.17, 15) is 4.79 Å². The topological polar surface area (TPSA) is 59.0 Å². The second-order valence-electron chi connectivity index (χ2n) is 5.18. The van der Waals surface area contributed by atoms with E-state index >= 15 is 0 Å². The smallest absolute Gasteiger partial charge is 0.251 e. The molecule has 1 aliphatic rings. The van der Waals surface area contributed by atoms with Crippen LogP contribution in [0.1, 0.15) is 22.8 Å². The molecule has 0 spiro atoms. The van der Waals surface area contributed by atoms with Crippen molar-refractivity contribution in [1.29, 1.82) is 0 Å². The van der Waals surface area contributed by atoms with Gasteiger partial charge in [-0.2, -0.15) is 0 Å². The van der Waals surface area contributed by atoms with Crippen molar-refractivity contribution in [2.75, 3.05) is 11.9 Å². The molecule has 0 saturated carbocycles. The van der Waals surface area contributed by atoms with Gasteiger partial charge in [-0.05, 0) is 37.1 Å². The van der Waals surface area contributed by atoms with Crippen LogP contribution in [0.25, 0.3) is 0 Å². The Kier molecular flexibility index (Phi) is 3.41. The molecule has 2 aromatic rings.